The second kappa shape index (κ2) is 6.81. The summed E-state index contributed by atoms with van der Waals surface area (Å²) in [5.41, 5.74) is 0.739. The van der Waals surface area contributed by atoms with Crippen LogP contribution in [0, 0.1) is 0 Å². The third-order valence-corrected chi connectivity index (χ3v) is 5.38. The molecule has 2 rings (SSSR count). The zero-order valence-corrected chi connectivity index (χ0v) is 14.1. The number of halogens is 1. The van der Waals surface area contributed by atoms with Gasteiger partial charge < -0.3 is 4.90 Å². The van der Waals surface area contributed by atoms with Crippen molar-refractivity contribution in [3.8, 4) is 0 Å². The number of amides is 1. The highest BCUT2D eigenvalue weighted by Gasteiger charge is 2.38. The predicted molar refractivity (Wildman–Crippen MR) is 87.8 cm³/mol. The Labute approximate surface area is 136 Å². The minimum absolute atomic E-state index is 0.180. The van der Waals surface area contributed by atoms with Crippen molar-refractivity contribution in [1.82, 2.24) is 9.21 Å². The normalized spacial score (nSPS) is 19.7. The highest BCUT2D eigenvalue weighted by atomic mass is 35.5. The smallest absolute Gasteiger partial charge is 0.240 e. The first-order valence-electron chi connectivity index (χ1n) is 6.98. The Kier molecular flexibility index (Phi) is 5.26. The van der Waals surface area contributed by atoms with E-state index in [1.54, 1.807) is 38.4 Å². The van der Waals surface area contributed by atoms with Crippen molar-refractivity contribution in [2.45, 2.75) is 18.9 Å². The van der Waals surface area contributed by atoms with Crippen molar-refractivity contribution in [2.75, 3.05) is 20.6 Å². The molecule has 0 radical (unpaired) electrons. The second-order valence-electron chi connectivity index (χ2n) is 5.40. The average Bonchev–Trinajstić information content (AvgIpc) is 2.96. The lowest BCUT2D eigenvalue weighted by atomic mass is 10.2. The maximum Gasteiger partial charge on any atom is 0.240 e. The van der Waals surface area contributed by atoms with Gasteiger partial charge in [0, 0.05) is 31.1 Å². The first-order valence-corrected chi connectivity index (χ1v) is 8.86. The number of hydrogen-bond acceptors (Lipinski definition) is 3. The van der Waals surface area contributed by atoms with Crippen molar-refractivity contribution in [3.63, 3.8) is 0 Å². The molecule has 1 aromatic carbocycles. The van der Waals surface area contributed by atoms with E-state index in [4.69, 9.17) is 11.6 Å². The van der Waals surface area contributed by atoms with Crippen molar-refractivity contribution in [3.05, 3.63) is 40.3 Å². The molecule has 1 saturated heterocycles. The summed E-state index contributed by atoms with van der Waals surface area (Å²) in [5.74, 6) is -0.180. The molecule has 1 atom stereocenters. The van der Waals surface area contributed by atoms with Crippen LogP contribution in [-0.2, 0) is 14.8 Å². The maximum atomic E-state index is 12.5. The summed E-state index contributed by atoms with van der Waals surface area (Å²) in [6.45, 7) is 0.373. The summed E-state index contributed by atoms with van der Waals surface area (Å²) in [4.78, 5) is 13.5. The fourth-order valence-corrected chi connectivity index (χ4v) is 3.95. The first kappa shape index (κ1) is 17.0. The van der Waals surface area contributed by atoms with Gasteiger partial charge in [-0.15, -0.1) is 0 Å². The summed E-state index contributed by atoms with van der Waals surface area (Å²) in [6, 6.07) is 6.26. The third-order valence-electron chi connectivity index (χ3n) is 3.56. The van der Waals surface area contributed by atoms with Gasteiger partial charge in [-0.25, -0.2) is 8.42 Å². The Morgan fingerprint density at radius 1 is 1.32 bits per heavy atom. The number of likely N-dealkylation sites (N-methyl/N-ethyl adjacent to an activating group) is 1. The standard InChI is InChI=1S/C15H19ClN2O3S/c1-17(2)15(19)14-4-3-10-18(14)22(20,21)11-9-12-5-7-13(16)8-6-12/h5-9,11,14H,3-4,10H2,1-2H3/b11-9+. The van der Waals surface area contributed by atoms with Crippen LogP contribution in [0.25, 0.3) is 6.08 Å². The number of nitrogens with zero attached hydrogens (tertiary/aromatic N) is 2. The van der Waals surface area contributed by atoms with E-state index in [-0.39, 0.29) is 5.91 Å². The minimum Gasteiger partial charge on any atom is -0.347 e. The molecule has 0 aliphatic carbocycles. The number of hydrogen-bond donors (Lipinski definition) is 0. The highest BCUT2D eigenvalue weighted by molar-refractivity contribution is 7.92. The Balaban J connectivity index is 2.18. The van der Waals surface area contributed by atoms with Crippen LogP contribution < -0.4 is 0 Å². The van der Waals surface area contributed by atoms with Crippen LogP contribution in [0.5, 0.6) is 0 Å². The van der Waals surface area contributed by atoms with Gasteiger partial charge in [0.25, 0.3) is 0 Å². The van der Waals surface area contributed by atoms with Crippen molar-refractivity contribution in [2.24, 2.45) is 0 Å². The number of rotatable bonds is 4. The molecule has 5 nitrogen and oxygen atoms in total. The van der Waals surface area contributed by atoms with Gasteiger partial charge in [-0.1, -0.05) is 23.7 Å². The maximum absolute atomic E-state index is 12.5. The molecular formula is C15H19ClN2O3S. The Hall–Kier alpha value is -1.37. The number of sulfonamides is 1. The summed E-state index contributed by atoms with van der Waals surface area (Å²) in [6.07, 6.45) is 2.77. The molecule has 0 spiro atoms. The molecule has 0 saturated carbocycles. The SMILES string of the molecule is CN(C)C(=O)C1CCCN1S(=O)(=O)/C=C/c1ccc(Cl)cc1. The fraction of sp³-hybridized carbons (Fsp3) is 0.400. The molecule has 22 heavy (non-hydrogen) atoms. The zero-order chi connectivity index (χ0) is 16.3. The van der Waals surface area contributed by atoms with Crippen molar-refractivity contribution >= 4 is 33.6 Å². The van der Waals surface area contributed by atoms with Crippen LogP contribution in [0.3, 0.4) is 0 Å². The van der Waals surface area contributed by atoms with E-state index in [1.807, 2.05) is 0 Å². The van der Waals surface area contributed by atoms with E-state index in [0.717, 1.165) is 11.0 Å². The largest absolute Gasteiger partial charge is 0.347 e. The summed E-state index contributed by atoms with van der Waals surface area (Å²) >= 11 is 5.80. The lowest BCUT2D eigenvalue weighted by molar-refractivity contribution is -0.132. The molecule has 1 unspecified atom stereocenters. The molecule has 0 bridgehead atoms. The fourth-order valence-electron chi connectivity index (χ4n) is 2.41. The van der Waals surface area contributed by atoms with Gasteiger partial charge in [0.1, 0.15) is 6.04 Å². The van der Waals surface area contributed by atoms with Crippen LogP contribution in [0.15, 0.2) is 29.7 Å². The van der Waals surface area contributed by atoms with E-state index >= 15 is 0 Å². The summed E-state index contributed by atoms with van der Waals surface area (Å²) in [5, 5.41) is 1.74. The van der Waals surface area contributed by atoms with Gasteiger partial charge in [-0.3, -0.25) is 4.79 Å². The van der Waals surface area contributed by atoms with E-state index < -0.39 is 16.1 Å². The Bertz CT molecular complexity index is 669. The van der Waals surface area contributed by atoms with Gasteiger partial charge in [0.05, 0.1) is 0 Å². The molecule has 1 aliphatic heterocycles. The number of carbonyl (C=O) groups excluding carboxylic acids is 1. The monoisotopic (exact) mass is 342 g/mol. The van der Waals surface area contributed by atoms with Crippen LogP contribution in [-0.4, -0.2) is 50.2 Å². The van der Waals surface area contributed by atoms with Crippen molar-refractivity contribution in [1.29, 1.82) is 0 Å². The van der Waals surface area contributed by atoms with Gasteiger partial charge >= 0.3 is 0 Å². The minimum atomic E-state index is -3.62. The summed E-state index contributed by atoms with van der Waals surface area (Å²) in [7, 11) is -0.356. The van der Waals surface area contributed by atoms with Crippen LogP contribution >= 0.6 is 11.6 Å². The molecular weight excluding hydrogens is 324 g/mol. The molecule has 1 heterocycles. The van der Waals surface area contributed by atoms with Gasteiger partial charge in [-0.2, -0.15) is 4.31 Å². The third kappa shape index (κ3) is 3.88. The van der Waals surface area contributed by atoms with E-state index in [9.17, 15) is 13.2 Å². The second-order valence-corrected chi connectivity index (χ2v) is 7.61. The lowest BCUT2D eigenvalue weighted by Crippen LogP contribution is -2.44. The van der Waals surface area contributed by atoms with Gasteiger partial charge in [0.2, 0.25) is 15.9 Å². The summed E-state index contributed by atoms with van der Waals surface area (Å²) < 4.78 is 26.2. The lowest BCUT2D eigenvalue weighted by Gasteiger charge is -2.24. The topological polar surface area (TPSA) is 57.7 Å². The molecule has 1 fully saturated rings. The van der Waals surface area contributed by atoms with Crippen LogP contribution in [0.1, 0.15) is 18.4 Å². The number of carbonyl (C=O) groups is 1. The molecule has 0 aromatic heterocycles. The van der Waals surface area contributed by atoms with Crippen molar-refractivity contribution < 1.29 is 13.2 Å². The highest BCUT2D eigenvalue weighted by Crippen LogP contribution is 2.23. The molecule has 1 aliphatic rings. The van der Waals surface area contributed by atoms with E-state index in [0.29, 0.717) is 24.4 Å². The molecule has 1 amide bonds. The zero-order valence-electron chi connectivity index (χ0n) is 12.6. The molecule has 7 heteroatoms. The van der Waals surface area contributed by atoms with E-state index in [1.165, 1.54) is 15.3 Å². The van der Waals surface area contributed by atoms with Crippen LogP contribution in [0.2, 0.25) is 5.02 Å². The Morgan fingerprint density at radius 2 is 1.95 bits per heavy atom. The first-order chi connectivity index (χ1) is 10.3. The molecule has 120 valence electrons. The predicted octanol–water partition coefficient (Wildman–Crippen LogP) is 2.19. The van der Waals surface area contributed by atoms with E-state index in [2.05, 4.69) is 0 Å². The molecule has 1 aromatic rings. The average molecular weight is 343 g/mol. The Morgan fingerprint density at radius 3 is 2.55 bits per heavy atom. The van der Waals surface area contributed by atoms with Crippen LogP contribution in [0.4, 0.5) is 0 Å². The van der Waals surface area contributed by atoms with Gasteiger partial charge in [-0.05, 0) is 36.6 Å². The molecule has 0 N–H and O–H groups in total. The quantitative estimate of drug-likeness (QED) is 0.842. The van der Waals surface area contributed by atoms with Gasteiger partial charge in [0.15, 0.2) is 0 Å². The number of benzene rings is 1.